The molecule has 1 saturated heterocycles. The van der Waals surface area contributed by atoms with E-state index in [1.54, 1.807) is 4.90 Å². The predicted octanol–water partition coefficient (Wildman–Crippen LogP) is 2.02. The summed E-state index contributed by atoms with van der Waals surface area (Å²) in [5.41, 5.74) is 0.0216. The number of benzene rings is 1. The molecule has 2 rings (SSSR count). The Bertz CT molecular complexity index is 542. The molecule has 0 bridgehead atoms. The number of nitrogens with zero attached hydrogens (tertiary/aromatic N) is 3. The Labute approximate surface area is 122 Å². The molecule has 1 amide bonds. The van der Waals surface area contributed by atoms with E-state index < -0.39 is 11.6 Å². The van der Waals surface area contributed by atoms with Crippen molar-refractivity contribution in [3.8, 4) is 6.07 Å². The van der Waals surface area contributed by atoms with Crippen LogP contribution in [-0.4, -0.2) is 47.9 Å². The minimum atomic E-state index is -0.757. The Hall–Kier alpha value is -2.00. The van der Waals surface area contributed by atoms with Gasteiger partial charge in [-0.25, -0.2) is 8.78 Å². The second-order valence-corrected chi connectivity index (χ2v) is 5.04. The van der Waals surface area contributed by atoms with Crippen LogP contribution >= 0.6 is 0 Å². The molecule has 1 unspecified atom stereocenters. The summed E-state index contributed by atoms with van der Waals surface area (Å²) in [7, 11) is 0. The van der Waals surface area contributed by atoms with Crippen molar-refractivity contribution in [2.24, 2.45) is 0 Å². The Balaban J connectivity index is 2.02. The van der Waals surface area contributed by atoms with E-state index in [1.165, 1.54) is 0 Å². The summed E-state index contributed by atoms with van der Waals surface area (Å²) < 4.78 is 26.3. The average molecular weight is 293 g/mol. The molecule has 4 nitrogen and oxygen atoms in total. The molecule has 1 aliphatic heterocycles. The standard InChI is InChI=1S/C15H17F2N3O/c1-2-14(10-18)19-3-5-20(6-4-19)15(21)11-7-12(16)9-13(17)8-11/h7-9,14H,2-6H2,1H3. The second kappa shape index (κ2) is 6.64. The van der Waals surface area contributed by atoms with Crippen LogP contribution in [0.2, 0.25) is 0 Å². The Morgan fingerprint density at radius 2 is 1.81 bits per heavy atom. The van der Waals surface area contributed by atoms with Gasteiger partial charge in [0.2, 0.25) is 0 Å². The van der Waals surface area contributed by atoms with Crippen molar-refractivity contribution in [1.82, 2.24) is 9.80 Å². The van der Waals surface area contributed by atoms with Crippen LogP contribution in [0.1, 0.15) is 23.7 Å². The molecule has 0 aromatic heterocycles. The second-order valence-electron chi connectivity index (χ2n) is 5.04. The highest BCUT2D eigenvalue weighted by atomic mass is 19.1. The molecule has 1 atom stereocenters. The highest BCUT2D eigenvalue weighted by Crippen LogP contribution is 2.14. The number of piperazine rings is 1. The van der Waals surface area contributed by atoms with Crippen LogP contribution in [-0.2, 0) is 0 Å². The normalized spacial score (nSPS) is 17.3. The Kier molecular flexibility index (Phi) is 4.86. The van der Waals surface area contributed by atoms with Crippen molar-refractivity contribution in [2.75, 3.05) is 26.2 Å². The van der Waals surface area contributed by atoms with Crippen LogP contribution in [0.5, 0.6) is 0 Å². The Morgan fingerprint density at radius 3 is 2.29 bits per heavy atom. The number of nitriles is 1. The van der Waals surface area contributed by atoms with E-state index in [2.05, 4.69) is 6.07 Å². The molecule has 1 aromatic rings. The maximum atomic E-state index is 13.2. The third-order valence-corrected chi connectivity index (χ3v) is 3.69. The number of hydrogen-bond acceptors (Lipinski definition) is 3. The summed E-state index contributed by atoms with van der Waals surface area (Å²) >= 11 is 0. The summed E-state index contributed by atoms with van der Waals surface area (Å²) in [6.07, 6.45) is 0.736. The monoisotopic (exact) mass is 293 g/mol. The van der Waals surface area contributed by atoms with Gasteiger partial charge in [0, 0.05) is 37.8 Å². The van der Waals surface area contributed by atoms with Gasteiger partial charge in [0.1, 0.15) is 11.6 Å². The van der Waals surface area contributed by atoms with Crippen molar-refractivity contribution >= 4 is 5.91 Å². The number of carbonyl (C=O) groups excluding carboxylic acids is 1. The fourth-order valence-electron chi connectivity index (χ4n) is 2.53. The first kappa shape index (κ1) is 15.4. The first-order chi connectivity index (χ1) is 10.0. The van der Waals surface area contributed by atoms with Gasteiger partial charge in [-0.05, 0) is 18.6 Å². The molecule has 0 spiro atoms. The number of hydrogen-bond donors (Lipinski definition) is 0. The van der Waals surface area contributed by atoms with E-state index in [4.69, 9.17) is 5.26 Å². The molecule has 1 aliphatic rings. The van der Waals surface area contributed by atoms with Crippen molar-refractivity contribution in [3.63, 3.8) is 0 Å². The molecule has 112 valence electrons. The largest absolute Gasteiger partial charge is 0.336 e. The molecule has 21 heavy (non-hydrogen) atoms. The Morgan fingerprint density at radius 1 is 1.24 bits per heavy atom. The molecule has 0 saturated carbocycles. The van der Waals surface area contributed by atoms with Crippen molar-refractivity contribution in [3.05, 3.63) is 35.4 Å². The summed E-state index contributed by atoms with van der Waals surface area (Å²) in [5, 5.41) is 9.04. The minimum absolute atomic E-state index is 0.0216. The van der Waals surface area contributed by atoms with Gasteiger partial charge in [0.15, 0.2) is 0 Å². The molecule has 0 radical (unpaired) electrons. The molecule has 1 heterocycles. The van der Waals surface area contributed by atoms with Gasteiger partial charge < -0.3 is 4.90 Å². The van der Waals surface area contributed by atoms with E-state index in [-0.39, 0.29) is 17.5 Å². The minimum Gasteiger partial charge on any atom is -0.336 e. The fraction of sp³-hybridized carbons (Fsp3) is 0.467. The summed E-state index contributed by atoms with van der Waals surface area (Å²) in [5.74, 6) is -1.89. The van der Waals surface area contributed by atoms with Gasteiger partial charge in [-0.2, -0.15) is 5.26 Å². The maximum Gasteiger partial charge on any atom is 0.254 e. The van der Waals surface area contributed by atoms with Gasteiger partial charge >= 0.3 is 0 Å². The van der Waals surface area contributed by atoms with Crippen LogP contribution in [0.4, 0.5) is 8.78 Å². The van der Waals surface area contributed by atoms with Crippen molar-refractivity contribution in [1.29, 1.82) is 5.26 Å². The summed E-state index contributed by atoms with van der Waals surface area (Å²) in [6.45, 7) is 4.04. The predicted molar refractivity (Wildman–Crippen MR) is 73.5 cm³/mol. The van der Waals surface area contributed by atoms with E-state index in [0.717, 1.165) is 24.6 Å². The van der Waals surface area contributed by atoms with Crippen LogP contribution in [0.15, 0.2) is 18.2 Å². The zero-order valence-corrected chi connectivity index (χ0v) is 11.9. The summed E-state index contributed by atoms with van der Waals surface area (Å²) in [6, 6.07) is 4.92. The molecule has 1 fully saturated rings. The zero-order valence-electron chi connectivity index (χ0n) is 11.9. The van der Waals surface area contributed by atoms with Crippen LogP contribution in [0.25, 0.3) is 0 Å². The zero-order chi connectivity index (χ0) is 15.4. The topological polar surface area (TPSA) is 47.3 Å². The van der Waals surface area contributed by atoms with Gasteiger partial charge in [0.25, 0.3) is 5.91 Å². The summed E-state index contributed by atoms with van der Waals surface area (Å²) in [4.78, 5) is 15.8. The third kappa shape index (κ3) is 3.56. The van der Waals surface area contributed by atoms with Gasteiger partial charge in [-0.1, -0.05) is 6.92 Å². The van der Waals surface area contributed by atoms with Gasteiger partial charge in [-0.3, -0.25) is 9.69 Å². The number of rotatable bonds is 3. The fourth-order valence-corrected chi connectivity index (χ4v) is 2.53. The third-order valence-electron chi connectivity index (χ3n) is 3.69. The lowest BCUT2D eigenvalue weighted by Gasteiger charge is -2.36. The first-order valence-corrected chi connectivity index (χ1v) is 6.94. The van der Waals surface area contributed by atoms with E-state index >= 15 is 0 Å². The lowest BCUT2D eigenvalue weighted by atomic mass is 10.1. The molecular formula is C15H17F2N3O. The average Bonchev–Trinajstić information content (AvgIpc) is 2.47. The lowest BCUT2D eigenvalue weighted by Crippen LogP contribution is -2.51. The molecule has 0 N–H and O–H groups in total. The molecule has 6 heteroatoms. The van der Waals surface area contributed by atoms with E-state index in [1.807, 2.05) is 11.8 Å². The first-order valence-electron chi connectivity index (χ1n) is 6.94. The molecule has 1 aromatic carbocycles. The molecule has 0 aliphatic carbocycles. The van der Waals surface area contributed by atoms with Crippen LogP contribution in [0, 0.1) is 23.0 Å². The SMILES string of the molecule is CCC(C#N)N1CCN(C(=O)c2cc(F)cc(F)c2)CC1. The van der Waals surface area contributed by atoms with Gasteiger partial charge in [-0.15, -0.1) is 0 Å². The van der Waals surface area contributed by atoms with Gasteiger partial charge in [0.05, 0.1) is 12.1 Å². The van der Waals surface area contributed by atoms with Crippen molar-refractivity contribution in [2.45, 2.75) is 19.4 Å². The molecular weight excluding hydrogens is 276 g/mol. The van der Waals surface area contributed by atoms with Crippen LogP contribution < -0.4 is 0 Å². The maximum absolute atomic E-state index is 13.2. The number of amides is 1. The number of carbonyl (C=O) groups is 1. The van der Waals surface area contributed by atoms with E-state index in [9.17, 15) is 13.6 Å². The quantitative estimate of drug-likeness (QED) is 0.856. The highest BCUT2D eigenvalue weighted by Gasteiger charge is 2.26. The van der Waals surface area contributed by atoms with Crippen LogP contribution in [0.3, 0.4) is 0 Å². The highest BCUT2D eigenvalue weighted by molar-refractivity contribution is 5.94. The van der Waals surface area contributed by atoms with Crippen molar-refractivity contribution < 1.29 is 13.6 Å². The van der Waals surface area contributed by atoms with E-state index in [0.29, 0.717) is 26.2 Å². The lowest BCUT2D eigenvalue weighted by molar-refractivity contribution is 0.0603. The smallest absolute Gasteiger partial charge is 0.254 e. The number of halogens is 2.